The maximum Gasteiger partial charge on any atom is 0.317 e. The van der Waals surface area contributed by atoms with Crippen LogP contribution in [0, 0.1) is 0 Å². The number of urea groups is 1. The van der Waals surface area contributed by atoms with Crippen molar-refractivity contribution in [1.82, 2.24) is 20.1 Å². The predicted molar refractivity (Wildman–Crippen MR) is 126 cm³/mol. The number of rotatable bonds is 4. The lowest BCUT2D eigenvalue weighted by Gasteiger charge is -2.36. The van der Waals surface area contributed by atoms with Crippen molar-refractivity contribution in [3.8, 4) is 0 Å². The van der Waals surface area contributed by atoms with E-state index in [1.807, 2.05) is 60.0 Å². The Morgan fingerprint density at radius 3 is 2.53 bits per heavy atom. The van der Waals surface area contributed by atoms with Crippen molar-refractivity contribution in [3.63, 3.8) is 0 Å². The first-order valence-electron chi connectivity index (χ1n) is 11.6. The molecule has 32 heavy (non-hydrogen) atoms. The van der Waals surface area contributed by atoms with Crippen LogP contribution in [0.2, 0.25) is 0 Å². The fourth-order valence-electron chi connectivity index (χ4n) is 4.56. The highest BCUT2D eigenvalue weighted by molar-refractivity contribution is 5.94. The Morgan fingerprint density at radius 2 is 1.81 bits per heavy atom. The summed E-state index contributed by atoms with van der Waals surface area (Å²) >= 11 is 0. The largest absolute Gasteiger partial charge is 0.353 e. The fraction of sp³-hybridized carbons (Fsp3) is 0.480. The number of likely N-dealkylation sites (tertiary alicyclic amines) is 1. The normalized spacial score (nSPS) is 19.2. The number of nitrogens with zero attached hydrogens (tertiary/aromatic N) is 4. The maximum atomic E-state index is 13.2. The highest BCUT2D eigenvalue weighted by Crippen LogP contribution is 2.28. The summed E-state index contributed by atoms with van der Waals surface area (Å²) in [6.07, 6.45) is 3.81. The van der Waals surface area contributed by atoms with E-state index >= 15 is 0 Å². The molecule has 0 bridgehead atoms. The molecule has 3 amide bonds. The van der Waals surface area contributed by atoms with Gasteiger partial charge in [0.25, 0.3) is 5.91 Å². The lowest BCUT2D eigenvalue weighted by molar-refractivity contribution is 0.0746. The average Bonchev–Trinajstić information content (AvgIpc) is 2.84. The summed E-state index contributed by atoms with van der Waals surface area (Å²) in [7, 11) is 0. The van der Waals surface area contributed by atoms with Crippen molar-refractivity contribution in [3.05, 3.63) is 59.8 Å². The molecule has 1 N–H and O–H groups in total. The molecule has 4 rings (SSSR count). The number of piperidine rings is 1. The van der Waals surface area contributed by atoms with Crippen LogP contribution in [0.5, 0.6) is 0 Å². The second kappa shape index (κ2) is 10.0. The Balaban J connectivity index is 1.38. The van der Waals surface area contributed by atoms with E-state index in [2.05, 4.69) is 21.3 Å². The molecule has 0 saturated carbocycles. The number of nitrogens with one attached hydrogen (secondary N) is 1. The molecule has 1 aromatic carbocycles. The van der Waals surface area contributed by atoms with E-state index in [1.54, 1.807) is 6.20 Å². The molecular weight excluding hydrogens is 402 g/mol. The van der Waals surface area contributed by atoms with E-state index < -0.39 is 0 Å². The molecule has 2 saturated heterocycles. The maximum absolute atomic E-state index is 13.2. The molecule has 7 nitrogen and oxygen atoms in total. The van der Waals surface area contributed by atoms with E-state index in [-0.39, 0.29) is 23.9 Å². The van der Waals surface area contributed by atoms with Crippen molar-refractivity contribution < 1.29 is 9.59 Å². The number of benzene rings is 1. The summed E-state index contributed by atoms with van der Waals surface area (Å²) in [4.78, 5) is 36.1. The third-order valence-electron chi connectivity index (χ3n) is 6.27. The first kappa shape index (κ1) is 22.1. The highest BCUT2D eigenvalue weighted by Gasteiger charge is 2.27. The summed E-state index contributed by atoms with van der Waals surface area (Å²) in [6.45, 7) is 8.37. The van der Waals surface area contributed by atoms with Gasteiger partial charge in [0.15, 0.2) is 0 Å². The molecule has 1 aromatic heterocycles. The molecule has 0 aliphatic carbocycles. The molecular formula is C25H33N5O2. The monoisotopic (exact) mass is 435 g/mol. The second-order valence-electron chi connectivity index (χ2n) is 8.98. The van der Waals surface area contributed by atoms with Gasteiger partial charge in [-0.3, -0.25) is 4.79 Å². The first-order valence-corrected chi connectivity index (χ1v) is 11.6. The summed E-state index contributed by atoms with van der Waals surface area (Å²) in [5.41, 5.74) is 1.88. The van der Waals surface area contributed by atoms with Crippen LogP contribution >= 0.6 is 0 Å². The van der Waals surface area contributed by atoms with Gasteiger partial charge >= 0.3 is 6.03 Å². The molecule has 2 aromatic rings. The minimum atomic E-state index is 0.00251. The molecule has 2 fully saturated rings. The van der Waals surface area contributed by atoms with E-state index in [4.69, 9.17) is 0 Å². The van der Waals surface area contributed by atoms with Gasteiger partial charge in [0, 0.05) is 63.0 Å². The van der Waals surface area contributed by atoms with Crippen LogP contribution in [0.25, 0.3) is 0 Å². The Kier molecular flexibility index (Phi) is 6.93. The highest BCUT2D eigenvalue weighted by atomic mass is 16.2. The van der Waals surface area contributed by atoms with Crippen LogP contribution in [-0.2, 0) is 0 Å². The van der Waals surface area contributed by atoms with Crippen molar-refractivity contribution >= 4 is 17.8 Å². The number of carbonyl (C=O) groups is 2. The zero-order chi connectivity index (χ0) is 22.5. The Labute approximate surface area is 190 Å². The molecule has 1 atom stereocenters. The standard InChI is InChI=1S/C25H33N5O2/c1-19(2)27-25(32)30-12-6-9-22(18-30)20-7-5-8-21(17-20)24(31)29-15-13-28(14-16-29)23-10-3-4-11-26-23/h3-5,7-8,10-11,17,19,22H,6,9,12-16,18H2,1-2H3,(H,27,32). The first-order chi connectivity index (χ1) is 15.5. The smallest absolute Gasteiger partial charge is 0.317 e. The van der Waals surface area contributed by atoms with Crippen LogP contribution in [0.15, 0.2) is 48.7 Å². The Morgan fingerprint density at radius 1 is 1.00 bits per heavy atom. The number of anilines is 1. The topological polar surface area (TPSA) is 68.8 Å². The number of amides is 3. The molecule has 0 radical (unpaired) electrons. The van der Waals surface area contributed by atoms with Crippen molar-refractivity contribution in [2.45, 2.75) is 38.6 Å². The number of carbonyl (C=O) groups excluding carboxylic acids is 2. The van der Waals surface area contributed by atoms with Gasteiger partial charge in [-0.05, 0) is 56.5 Å². The van der Waals surface area contributed by atoms with Gasteiger partial charge in [-0.15, -0.1) is 0 Å². The predicted octanol–water partition coefficient (Wildman–Crippen LogP) is 3.34. The summed E-state index contributed by atoms with van der Waals surface area (Å²) in [5.74, 6) is 1.30. The number of piperazine rings is 1. The van der Waals surface area contributed by atoms with Gasteiger partial charge in [-0.25, -0.2) is 9.78 Å². The van der Waals surface area contributed by atoms with E-state index in [1.165, 1.54) is 0 Å². The third-order valence-corrected chi connectivity index (χ3v) is 6.27. The zero-order valence-corrected chi connectivity index (χ0v) is 19.0. The second-order valence-corrected chi connectivity index (χ2v) is 8.98. The molecule has 170 valence electrons. The SMILES string of the molecule is CC(C)NC(=O)N1CCCC(c2cccc(C(=O)N3CCN(c4ccccn4)CC3)c2)C1. The number of pyridine rings is 1. The van der Waals surface area contributed by atoms with Gasteiger partial charge in [0.05, 0.1) is 0 Å². The number of aromatic nitrogens is 1. The van der Waals surface area contributed by atoms with E-state index in [0.29, 0.717) is 19.6 Å². The molecule has 3 heterocycles. The Bertz CT molecular complexity index is 925. The average molecular weight is 436 g/mol. The lowest BCUT2D eigenvalue weighted by Crippen LogP contribution is -2.49. The van der Waals surface area contributed by atoms with Gasteiger partial charge in [0.1, 0.15) is 5.82 Å². The Hall–Kier alpha value is -3.09. The fourth-order valence-corrected chi connectivity index (χ4v) is 4.56. The van der Waals surface area contributed by atoms with Gasteiger partial charge in [-0.2, -0.15) is 0 Å². The molecule has 0 spiro atoms. The minimum Gasteiger partial charge on any atom is -0.353 e. The quantitative estimate of drug-likeness (QED) is 0.800. The van der Waals surface area contributed by atoms with Crippen molar-refractivity contribution in [1.29, 1.82) is 0 Å². The summed E-state index contributed by atoms with van der Waals surface area (Å²) in [5, 5.41) is 2.99. The van der Waals surface area contributed by atoms with Crippen LogP contribution in [-0.4, -0.2) is 72.0 Å². The van der Waals surface area contributed by atoms with Crippen LogP contribution < -0.4 is 10.2 Å². The molecule has 2 aliphatic heterocycles. The van der Waals surface area contributed by atoms with Crippen LogP contribution in [0.1, 0.15) is 48.5 Å². The van der Waals surface area contributed by atoms with E-state index in [0.717, 1.165) is 49.4 Å². The van der Waals surface area contributed by atoms with Gasteiger partial charge in [-0.1, -0.05) is 18.2 Å². The van der Waals surface area contributed by atoms with Crippen LogP contribution in [0.4, 0.5) is 10.6 Å². The number of hydrogen-bond donors (Lipinski definition) is 1. The molecule has 7 heteroatoms. The molecule has 2 aliphatic rings. The lowest BCUT2D eigenvalue weighted by atomic mass is 9.89. The van der Waals surface area contributed by atoms with Crippen LogP contribution in [0.3, 0.4) is 0 Å². The van der Waals surface area contributed by atoms with E-state index in [9.17, 15) is 9.59 Å². The van der Waals surface area contributed by atoms with Gasteiger partial charge in [0.2, 0.25) is 0 Å². The van der Waals surface area contributed by atoms with Gasteiger partial charge < -0.3 is 20.0 Å². The zero-order valence-electron chi connectivity index (χ0n) is 19.0. The number of hydrogen-bond acceptors (Lipinski definition) is 4. The minimum absolute atomic E-state index is 0.00251. The third kappa shape index (κ3) is 5.21. The van der Waals surface area contributed by atoms with Crippen molar-refractivity contribution in [2.24, 2.45) is 0 Å². The van der Waals surface area contributed by atoms with Crippen molar-refractivity contribution in [2.75, 3.05) is 44.2 Å². The summed E-state index contributed by atoms with van der Waals surface area (Å²) in [6, 6.07) is 14.0. The molecule has 1 unspecified atom stereocenters. The summed E-state index contributed by atoms with van der Waals surface area (Å²) < 4.78 is 0.